The molecule has 1 atom stereocenters. The quantitative estimate of drug-likeness (QED) is 0.653. The van der Waals surface area contributed by atoms with Crippen LogP contribution < -0.4 is 8.92 Å². The van der Waals surface area contributed by atoms with E-state index in [-0.39, 0.29) is 4.90 Å². The number of hydrogen-bond donors (Lipinski definition) is 1. The highest BCUT2D eigenvalue weighted by atomic mass is 32.2. The lowest BCUT2D eigenvalue weighted by Crippen LogP contribution is -2.29. The van der Waals surface area contributed by atoms with Gasteiger partial charge in [0.15, 0.2) is 0 Å². The van der Waals surface area contributed by atoms with Crippen LogP contribution in [-0.4, -0.2) is 39.0 Å². The zero-order valence-corrected chi connectivity index (χ0v) is 16.8. The van der Waals surface area contributed by atoms with Gasteiger partial charge in [-0.2, -0.15) is 8.42 Å². The van der Waals surface area contributed by atoms with Crippen LogP contribution in [0, 0.1) is 0 Å². The maximum Gasteiger partial charge on any atom is 0.339 e. The molecule has 0 amide bonds. The maximum atomic E-state index is 12.6. The molecule has 0 spiro atoms. The van der Waals surface area contributed by atoms with E-state index in [9.17, 15) is 8.42 Å². The molecule has 0 radical (unpaired) electrons. The summed E-state index contributed by atoms with van der Waals surface area (Å²) < 4.78 is 35.8. The highest BCUT2D eigenvalue weighted by molar-refractivity contribution is 7.87. The molecule has 0 saturated carbocycles. The highest BCUT2D eigenvalue weighted by Gasteiger charge is 2.24. The van der Waals surface area contributed by atoms with Crippen molar-refractivity contribution in [3.05, 3.63) is 54.2 Å². The molecule has 1 fully saturated rings. The fraction of sp³-hybridized carbons (Fsp3) is 0.333. The van der Waals surface area contributed by atoms with Crippen molar-refractivity contribution < 1.29 is 17.3 Å². The summed E-state index contributed by atoms with van der Waals surface area (Å²) in [5, 5.41) is 1.00. The molecular formula is C21H24N2O4S. The van der Waals surface area contributed by atoms with Gasteiger partial charge in [-0.05, 0) is 74.5 Å². The Morgan fingerprint density at radius 2 is 1.82 bits per heavy atom. The van der Waals surface area contributed by atoms with E-state index in [4.69, 9.17) is 8.92 Å². The number of hydrogen-bond acceptors (Lipinski definition) is 5. The highest BCUT2D eigenvalue weighted by Crippen LogP contribution is 2.35. The maximum absolute atomic E-state index is 12.6. The predicted molar refractivity (Wildman–Crippen MR) is 108 cm³/mol. The summed E-state index contributed by atoms with van der Waals surface area (Å²) in [7, 11) is -0.243. The molecule has 0 bridgehead atoms. The molecule has 1 aliphatic rings. The number of aromatic amines is 1. The van der Waals surface area contributed by atoms with E-state index in [1.807, 2.05) is 18.3 Å². The lowest BCUT2D eigenvalue weighted by molar-refractivity contribution is 0.188. The summed E-state index contributed by atoms with van der Waals surface area (Å²) in [6.45, 7) is 1.07. The van der Waals surface area contributed by atoms with Gasteiger partial charge >= 0.3 is 10.1 Å². The lowest BCUT2D eigenvalue weighted by atomic mass is 9.95. The van der Waals surface area contributed by atoms with Crippen LogP contribution in [0.3, 0.4) is 0 Å². The Balaban J connectivity index is 1.64. The van der Waals surface area contributed by atoms with Gasteiger partial charge < -0.3 is 13.9 Å². The van der Waals surface area contributed by atoms with Crippen LogP contribution in [0.15, 0.2) is 53.6 Å². The minimum Gasteiger partial charge on any atom is -0.497 e. The Morgan fingerprint density at radius 3 is 2.54 bits per heavy atom. The first-order valence-corrected chi connectivity index (χ1v) is 10.8. The Hall–Kier alpha value is -2.51. The van der Waals surface area contributed by atoms with Gasteiger partial charge in [-0.3, -0.25) is 4.90 Å². The first-order chi connectivity index (χ1) is 13.5. The van der Waals surface area contributed by atoms with Gasteiger partial charge in [0.05, 0.1) is 7.11 Å². The van der Waals surface area contributed by atoms with Crippen LogP contribution >= 0.6 is 0 Å². The summed E-state index contributed by atoms with van der Waals surface area (Å²) in [6, 6.07) is 11.8. The molecule has 1 N–H and O–H groups in total. The van der Waals surface area contributed by atoms with Crippen molar-refractivity contribution in [3.8, 4) is 11.5 Å². The number of rotatable bonds is 5. The van der Waals surface area contributed by atoms with Gasteiger partial charge in [0.1, 0.15) is 16.4 Å². The van der Waals surface area contributed by atoms with Crippen molar-refractivity contribution in [3.63, 3.8) is 0 Å². The van der Waals surface area contributed by atoms with Crippen molar-refractivity contribution in [1.82, 2.24) is 9.88 Å². The molecule has 28 heavy (non-hydrogen) atoms. The summed E-state index contributed by atoms with van der Waals surface area (Å²) in [4.78, 5) is 5.74. The number of nitrogens with zero attached hydrogens (tertiary/aromatic N) is 1. The molecule has 7 heteroatoms. The fourth-order valence-corrected chi connectivity index (χ4v) is 4.76. The molecule has 1 unspecified atom stereocenters. The molecule has 6 nitrogen and oxygen atoms in total. The van der Waals surface area contributed by atoms with E-state index >= 15 is 0 Å². The van der Waals surface area contributed by atoms with E-state index in [1.165, 1.54) is 37.6 Å². The van der Waals surface area contributed by atoms with Crippen LogP contribution in [-0.2, 0) is 10.1 Å². The molecule has 1 aliphatic heterocycles. The molecule has 3 aromatic rings. The number of ether oxygens (including phenoxy) is 1. The van der Waals surface area contributed by atoms with E-state index in [1.54, 1.807) is 18.2 Å². The van der Waals surface area contributed by atoms with Gasteiger partial charge in [-0.15, -0.1) is 0 Å². The number of benzene rings is 2. The third kappa shape index (κ3) is 3.59. The monoisotopic (exact) mass is 400 g/mol. The van der Waals surface area contributed by atoms with Crippen LogP contribution in [0.5, 0.6) is 11.5 Å². The molecule has 1 aromatic heterocycles. The van der Waals surface area contributed by atoms with Crippen molar-refractivity contribution in [2.75, 3.05) is 20.7 Å². The second-order valence-corrected chi connectivity index (χ2v) is 8.70. The molecule has 2 heterocycles. The van der Waals surface area contributed by atoms with Crippen LogP contribution in [0.1, 0.15) is 30.9 Å². The molecule has 0 aliphatic carbocycles. The van der Waals surface area contributed by atoms with E-state index in [2.05, 4.69) is 16.9 Å². The number of aromatic nitrogens is 1. The molecular weight excluding hydrogens is 376 g/mol. The smallest absolute Gasteiger partial charge is 0.339 e. The largest absolute Gasteiger partial charge is 0.497 e. The fourth-order valence-electron chi connectivity index (χ4n) is 3.83. The van der Waals surface area contributed by atoms with Crippen LogP contribution in [0.25, 0.3) is 10.9 Å². The van der Waals surface area contributed by atoms with E-state index < -0.39 is 10.1 Å². The molecule has 4 rings (SSSR count). The Bertz CT molecular complexity index is 1070. The topological polar surface area (TPSA) is 71.6 Å². The first-order valence-electron chi connectivity index (χ1n) is 9.38. The average molecular weight is 401 g/mol. The first kappa shape index (κ1) is 18.8. The van der Waals surface area contributed by atoms with Crippen molar-refractivity contribution in [2.24, 2.45) is 0 Å². The molecule has 148 valence electrons. The van der Waals surface area contributed by atoms with Crippen molar-refractivity contribution >= 4 is 21.0 Å². The van der Waals surface area contributed by atoms with E-state index in [0.717, 1.165) is 23.9 Å². The summed E-state index contributed by atoms with van der Waals surface area (Å²) in [6.07, 6.45) is 5.53. The van der Waals surface area contributed by atoms with Gasteiger partial charge in [0.25, 0.3) is 0 Å². The second kappa shape index (κ2) is 7.48. The Labute approximate surface area is 165 Å². The number of fused-ring (bicyclic) bond motifs is 1. The number of piperidine rings is 1. The summed E-state index contributed by atoms with van der Waals surface area (Å²) >= 11 is 0. The minimum absolute atomic E-state index is 0.0923. The number of nitrogens with one attached hydrogen (secondary N) is 1. The van der Waals surface area contributed by atoms with Crippen LogP contribution in [0.4, 0.5) is 0 Å². The lowest BCUT2D eigenvalue weighted by Gasteiger charge is -2.32. The van der Waals surface area contributed by atoms with Crippen molar-refractivity contribution in [1.29, 1.82) is 0 Å². The third-order valence-electron chi connectivity index (χ3n) is 5.37. The zero-order valence-electron chi connectivity index (χ0n) is 16.0. The van der Waals surface area contributed by atoms with Crippen LogP contribution in [0.2, 0.25) is 0 Å². The standard InChI is InChI=1S/C21H24N2O4S/c1-23-12-4-3-5-21(23)19-14-22-20-11-8-16(13-18(19)20)27-28(24,25)17-9-6-15(26-2)7-10-17/h6-11,13-14,21-22H,3-5,12H2,1-2H3. The number of methoxy groups -OCH3 is 1. The molecule has 2 aromatic carbocycles. The molecule has 1 saturated heterocycles. The number of H-pyrrole nitrogens is 1. The van der Waals surface area contributed by atoms with Crippen molar-refractivity contribution in [2.45, 2.75) is 30.2 Å². The Morgan fingerprint density at radius 1 is 1.07 bits per heavy atom. The number of likely N-dealkylation sites (tertiary alicyclic amines) is 1. The average Bonchev–Trinajstić information content (AvgIpc) is 3.11. The van der Waals surface area contributed by atoms with Gasteiger partial charge in [0, 0.05) is 23.1 Å². The normalized spacial score (nSPS) is 18.3. The van der Waals surface area contributed by atoms with Gasteiger partial charge in [0.2, 0.25) is 0 Å². The summed E-state index contributed by atoms with van der Waals surface area (Å²) in [5.74, 6) is 0.900. The summed E-state index contributed by atoms with van der Waals surface area (Å²) in [5.41, 5.74) is 2.16. The SMILES string of the molecule is COc1ccc(S(=O)(=O)Oc2ccc3[nH]cc(C4CCCCN4C)c3c2)cc1. The Kier molecular flexibility index (Phi) is 5.03. The van der Waals surface area contributed by atoms with Gasteiger partial charge in [-0.1, -0.05) is 6.42 Å². The predicted octanol–water partition coefficient (Wildman–Crippen LogP) is 4.10. The van der Waals surface area contributed by atoms with E-state index in [0.29, 0.717) is 17.5 Å². The minimum atomic E-state index is -3.91. The zero-order chi connectivity index (χ0) is 19.7. The van der Waals surface area contributed by atoms with Gasteiger partial charge in [-0.25, -0.2) is 0 Å². The second-order valence-electron chi connectivity index (χ2n) is 7.16. The third-order valence-corrected chi connectivity index (χ3v) is 6.63.